The standard InChI is InChI=1S/C12H11NO/c14-12-7-11-9(5-6-13-11)8-3-1-2-4-10(8)12/h1-4,7,9,13H,5-6H2. The van der Waals surface area contributed by atoms with Gasteiger partial charge < -0.3 is 5.32 Å². The maximum absolute atomic E-state index is 11.7. The lowest BCUT2D eigenvalue weighted by atomic mass is 9.85. The molecule has 1 N–H and O–H groups in total. The van der Waals surface area contributed by atoms with Gasteiger partial charge in [0.15, 0.2) is 5.78 Å². The highest BCUT2D eigenvalue weighted by Gasteiger charge is 2.30. The van der Waals surface area contributed by atoms with Gasteiger partial charge in [0.05, 0.1) is 0 Å². The van der Waals surface area contributed by atoms with Gasteiger partial charge in [-0.15, -0.1) is 0 Å². The molecule has 1 atom stereocenters. The molecule has 1 heterocycles. The first-order chi connectivity index (χ1) is 6.86. The zero-order valence-electron chi connectivity index (χ0n) is 7.79. The van der Waals surface area contributed by atoms with Crippen molar-refractivity contribution in [2.45, 2.75) is 12.3 Å². The quantitative estimate of drug-likeness (QED) is 0.668. The number of hydrogen-bond donors (Lipinski definition) is 1. The summed E-state index contributed by atoms with van der Waals surface area (Å²) in [6.07, 6.45) is 2.86. The fourth-order valence-corrected chi connectivity index (χ4v) is 2.36. The van der Waals surface area contributed by atoms with Gasteiger partial charge in [-0.25, -0.2) is 0 Å². The van der Waals surface area contributed by atoms with E-state index >= 15 is 0 Å². The van der Waals surface area contributed by atoms with Crippen molar-refractivity contribution in [1.29, 1.82) is 0 Å². The van der Waals surface area contributed by atoms with Crippen molar-refractivity contribution in [3.63, 3.8) is 0 Å². The number of rotatable bonds is 0. The van der Waals surface area contributed by atoms with Gasteiger partial charge in [0.2, 0.25) is 0 Å². The van der Waals surface area contributed by atoms with Crippen LogP contribution in [0.5, 0.6) is 0 Å². The zero-order valence-corrected chi connectivity index (χ0v) is 7.79. The summed E-state index contributed by atoms with van der Waals surface area (Å²) in [5, 5.41) is 3.27. The van der Waals surface area contributed by atoms with Crippen molar-refractivity contribution >= 4 is 5.78 Å². The third kappa shape index (κ3) is 0.939. The summed E-state index contributed by atoms with van der Waals surface area (Å²) in [7, 11) is 0. The Morgan fingerprint density at radius 1 is 1.29 bits per heavy atom. The van der Waals surface area contributed by atoms with Crippen LogP contribution in [-0.4, -0.2) is 12.3 Å². The van der Waals surface area contributed by atoms with Gasteiger partial charge in [0.1, 0.15) is 0 Å². The summed E-state index contributed by atoms with van der Waals surface area (Å²) < 4.78 is 0. The lowest BCUT2D eigenvalue weighted by molar-refractivity contribution is 0.104. The van der Waals surface area contributed by atoms with Gasteiger partial charge in [-0.2, -0.15) is 0 Å². The average Bonchev–Trinajstić information content (AvgIpc) is 2.66. The van der Waals surface area contributed by atoms with Crippen LogP contribution in [-0.2, 0) is 0 Å². The maximum Gasteiger partial charge on any atom is 0.187 e. The van der Waals surface area contributed by atoms with Crippen molar-refractivity contribution in [3.8, 4) is 0 Å². The monoisotopic (exact) mass is 185 g/mol. The lowest BCUT2D eigenvalue weighted by Crippen LogP contribution is -2.16. The van der Waals surface area contributed by atoms with E-state index in [1.54, 1.807) is 6.08 Å². The Balaban J connectivity index is 2.21. The lowest BCUT2D eigenvalue weighted by Gasteiger charge is -2.19. The van der Waals surface area contributed by atoms with Gasteiger partial charge >= 0.3 is 0 Å². The van der Waals surface area contributed by atoms with Crippen LogP contribution in [0.1, 0.15) is 28.3 Å². The molecule has 1 aromatic carbocycles. The van der Waals surface area contributed by atoms with E-state index in [0.717, 1.165) is 24.2 Å². The van der Waals surface area contributed by atoms with E-state index in [9.17, 15) is 4.79 Å². The summed E-state index contributed by atoms with van der Waals surface area (Å²) in [6, 6.07) is 7.92. The van der Waals surface area contributed by atoms with Crippen molar-refractivity contribution in [2.24, 2.45) is 0 Å². The van der Waals surface area contributed by atoms with Crippen LogP contribution in [0.15, 0.2) is 36.0 Å². The molecule has 14 heavy (non-hydrogen) atoms. The number of carbonyl (C=O) groups excluding carboxylic acids is 1. The van der Waals surface area contributed by atoms with E-state index < -0.39 is 0 Å². The molecule has 1 aliphatic heterocycles. The van der Waals surface area contributed by atoms with E-state index in [2.05, 4.69) is 11.4 Å². The molecule has 1 unspecified atom stereocenters. The molecule has 0 radical (unpaired) electrons. The highest BCUT2D eigenvalue weighted by molar-refractivity contribution is 6.07. The molecule has 3 rings (SSSR count). The first kappa shape index (κ1) is 7.80. The van der Waals surface area contributed by atoms with Gasteiger partial charge in [0, 0.05) is 29.8 Å². The fraction of sp³-hybridized carbons (Fsp3) is 0.250. The summed E-state index contributed by atoms with van der Waals surface area (Å²) >= 11 is 0. The van der Waals surface area contributed by atoms with Gasteiger partial charge in [-0.05, 0) is 12.0 Å². The first-order valence-electron chi connectivity index (χ1n) is 4.95. The predicted molar refractivity (Wildman–Crippen MR) is 54.2 cm³/mol. The van der Waals surface area contributed by atoms with Crippen molar-refractivity contribution < 1.29 is 4.79 Å². The van der Waals surface area contributed by atoms with Gasteiger partial charge in [0.25, 0.3) is 0 Å². The first-order valence-corrected chi connectivity index (χ1v) is 4.95. The minimum atomic E-state index is 0.140. The predicted octanol–water partition coefficient (Wildman–Crippen LogP) is 1.84. The van der Waals surface area contributed by atoms with Gasteiger partial charge in [-0.3, -0.25) is 4.79 Å². The Morgan fingerprint density at radius 2 is 2.14 bits per heavy atom. The zero-order chi connectivity index (χ0) is 9.54. The molecule has 70 valence electrons. The molecule has 1 fully saturated rings. The molecule has 0 saturated carbocycles. The molecule has 2 aliphatic rings. The molecule has 1 aromatic rings. The summed E-state index contributed by atoms with van der Waals surface area (Å²) in [5.41, 5.74) is 3.18. The minimum Gasteiger partial charge on any atom is -0.388 e. The Morgan fingerprint density at radius 3 is 3.07 bits per heavy atom. The van der Waals surface area contributed by atoms with Gasteiger partial charge in [-0.1, -0.05) is 24.3 Å². The van der Waals surface area contributed by atoms with E-state index in [4.69, 9.17) is 0 Å². The van der Waals surface area contributed by atoms with E-state index in [0.29, 0.717) is 5.92 Å². The second-order valence-corrected chi connectivity index (χ2v) is 3.82. The number of hydrogen-bond acceptors (Lipinski definition) is 2. The third-order valence-electron chi connectivity index (χ3n) is 3.03. The molecular formula is C12H11NO. The number of ketones is 1. The van der Waals surface area contributed by atoms with Crippen LogP contribution in [0.25, 0.3) is 0 Å². The fourth-order valence-electron chi connectivity index (χ4n) is 2.36. The summed E-state index contributed by atoms with van der Waals surface area (Å²) in [4.78, 5) is 11.7. The number of carbonyl (C=O) groups is 1. The number of fused-ring (bicyclic) bond motifs is 3. The highest BCUT2D eigenvalue weighted by atomic mass is 16.1. The molecule has 2 heteroatoms. The molecule has 0 bridgehead atoms. The summed E-state index contributed by atoms with van der Waals surface area (Å²) in [5.74, 6) is 0.574. The third-order valence-corrected chi connectivity index (χ3v) is 3.03. The molecule has 0 aromatic heterocycles. The van der Waals surface area contributed by atoms with Crippen LogP contribution >= 0.6 is 0 Å². The van der Waals surface area contributed by atoms with Crippen molar-refractivity contribution in [1.82, 2.24) is 5.32 Å². The number of nitrogens with one attached hydrogen (secondary N) is 1. The molecule has 0 amide bonds. The largest absolute Gasteiger partial charge is 0.388 e. The highest BCUT2D eigenvalue weighted by Crippen LogP contribution is 2.36. The van der Waals surface area contributed by atoms with Crippen LogP contribution in [0, 0.1) is 0 Å². The van der Waals surface area contributed by atoms with Crippen LogP contribution < -0.4 is 5.32 Å². The maximum atomic E-state index is 11.7. The minimum absolute atomic E-state index is 0.140. The van der Waals surface area contributed by atoms with Crippen LogP contribution in [0.2, 0.25) is 0 Å². The number of allylic oxidation sites excluding steroid dienone is 2. The molecule has 0 spiro atoms. The topological polar surface area (TPSA) is 29.1 Å². The molecule has 1 aliphatic carbocycles. The Hall–Kier alpha value is -1.57. The Bertz CT molecular complexity index is 434. The van der Waals surface area contributed by atoms with Crippen molar-refractivity contribution in [3.05, 3.63) is 47.2 Å². The molecule has 2 nitrogen and oxygen atoms in total. The number of benzene rings is 1. The second kappa shape index (κ2) is 2.71. The van der Waals surface area contributed by atoms with Crippen molar-refractivity contribution in [2.75, 3.05) is 6.54 Å². The normalized spacial score (nSPS) is 23.6. The summed E-state index contributed by atoms with van der Waals surface area (Å²) in [6.45, 7) is 0.984. The van der Waals surface area contributed by atoms with E-state index in [1.165, 1.54) is 5.56 Å². The Kier molecular flexibility index (Phi) is 1.51. The van der Waals surface area contributed by atoms with E-state index in [-0.39, 0.29) is 5.78 Å². The average molecular weight is 185 g/mol. The van der Waals surface area contributed by atoms with E-state index in [1.807, 2.05) is 18.2 Å². The van der Waals surface area contributed by atoms with Crippen LogP contribution in [0.3, 0.4) is 0 Å². The molecule has 1 saturated heterocycles. The Labute approximate surface area is 82.6 Å². The molecular weight excluding hydrogens is 174 g/mol. The van der Waals surface area contributed by atoms with Crippen LogP contribution in [0.4, 0.5) is 0 Å². The SMILES string of the molecule is O=C1C=C2NCCC2c2ccccc21. The smallest absolute Gasteiger partial charge is 0.187 e. The second-order valence-electron chi connectivity index (χ2n) is 3.82.